The van der Waals surface area contributed by atoms with Crippen LogP contribution in [0.5, 0.6) is 0 Å². The average molecular weight is 424 g/mol. The van der Waals surface area contributed by atoms with Crippen LogP contribution in [-0.4, -0.2) is 46.8 Å². The minimum absolute atomic E-state index is 0.0193. The zero-order chi connectivity index (χ0) is 22.1. The number of anilines is 1. The van der Waals surface area contributed by atoms with Crippen molar-refractivity contribution in [3.63, 3.8) is 0 Å². The van der Waals surface area contributed by atoms with Crippen molar-refractivity contribution >= 4 is 23.0 Å². The van der Waals surface area contributed by atoms with Gasteiger partial charge in [0.05, 0.1) is 15.4 Å². The predicted molar refractivity (Wildman–Crippen MR) is 99.3 cm³/mol. The second kappa shape index (κ2) is 7.97. The SMILES string of the molecule is O=C(c1ccccc1[N+](=O)[O-])N1CCN(c2ccc(C(F)(F)F)cc2[N+](=O)[O-])CC1. The summed E-state index contributed by atoms with van der Waals surface area (Å²) < 4.78 is 38.6. The van der Waals surface area contributed by atoms with Crippen molar-refractivity contribution in [2.24, 2.45) is 0 Å². The second-order valence-corrected chi connectivity index (χ2v) is 6.51. The van der Waals surface area contributed by atoms with Crippen molar-refractivity contribution in [1.82, 2.24) is 4.90 Å². The number of amides is 1. The summed E-state index contributed by atoms with van der Waals surface area (Å²) >= 11 is 0. The van der Waals surface area contributed by atoms with E-state index >= 15 is 0 Å². The molecule has 1 saturated heterocycles. The molecule has 0 N–H and O–H groups in total. The van der Waals surface area contributed by atoms with Gasteiger partial charge >= 0.3 is 6.18 Å². The van der Waals surface area contributed by atoms with Crippen LogP contribution in [0.4, 0.5) is 30.2 Å². The van der Waals surface area contributed by atoms with Gasteiger partial charge in [0.15, 0.2) is 0 Å². The van der Waals surface area contributed by atoms with Gasteiger partial charge in [0, 0.05) is 38.3 Å². The Kier molecular flexibility index (Phi) is 5.58. The molecule has 0 aliphatic carbocycles. The summed E-state index contributed by atoms with van der Waals surface area (Å²) in [7, 11) is 0. The highest BCUT2D eigenvalue weighted by Crippen LogP contribution is 2.36. The summed E-state index contributed by atoms with van der Waals surface area (Å²) in [4.78, 5) is 36.4. The molecule has 1 fully saturated rings. The number of carbonyl (C=O) groups excluding carboxylic acids is 1. The third-order valence-electron chi connectivity index (χ3n) is 4.74. The zero-order valence-electron chi connectivity index (χ0n) is 15.3. The molecule has 3 rings (SSSR count). The molecule has 2 aromatic rings. The van der Waals surface area contributed by atoms with Crippen molar-refractivity contribution < 1.29 is 27.8 Å². The van der Waals surface area contributed by atoms with E-state index in [0.717, 1.165) is 12.1 Å². The highest BCUT2D eigenvalue weighted by Gasteiger charge is 2.35. The van der Waals surface area contributed by atoms with E-state index in [1.807, 2.05) is 0 Å². The van der Waals surface area contributed by atoms with Crippen LogP contribution in [0.1, 0.15) is 15.9 Å². The summed E-state index contributed by atoms with van der Waals surface area (Å²) in [5.41, 5.74) is -2.18. The maximum Gasteiger partial charge on any atom is 0.416 e. The Morgan fingerprint density at radius 3 is 2.07 bits per heavy atom. The Morgan fingerprint density at radius 2 is 1.50 bits per heavy atom. The molecular formula is C18H15F3N4O5. The van der Waals surface area contributed by atoms with Crippen molar-refractivity contribution in [1.29, 1.82) is 0 Å². The first-order chi connectivity index (χ1) is 14.1. The molecule has 0 saturated carbocycles. The first-order valence-electron chi connectivity index (χ1n) is 8.73. The van der Waals surface area contributed by atoms with E-state index in [9.17, 15) is 38.2 Å². The molecule has 0 atom stereocenters. The van der Waals surface area contributed by atoms with Crippen molar-refractivity contribution in [3.05, 3.63) is 73.8 Å². The van der Waals surface area contributed by atoms with E-state index in [-0.39, 0.29) is 43.1 Å². The summed E-state index contributed by atoms with van der Waals surface area (Å²) in [5, 5.41) is 22.4. The Labute approximate surface area is 167 Å². The second-order valence-electron chi connectivity index (χ2n) is 6.51. The normalized spacial score (nSPS) is 14.5. The molecule has 1 amide bonds. The molecule has 0 unspecified atom stereocenters. The molecule has 12 heteroatoms. The van der Waals surface area contributed by atoms with E-state index in [1.165, 1.54) is 34.1 Å². The van der Waals surface area contributed by atoms with Crippen LogP contribution < -0.4 is 4.90 Å². The number of alkyl halides is 3. The molecular weight excluding hydrogens is 409 g/mol. The smallest absolute Gasteiger partial charge is 0.362 e. The van der Waals surface area contributed by atoms with Crippen LogP contribution >= 0.6 is 0 Å². The van der Waals surface area contributed by atoms with Gasteiger partial charge in [-0.25, -0.2) is 0 Å². The number of hydrogen-bond acceptors (Lipinski definition) is 6. The fraction of sp³-hybridized carbons (Fsp3) is 0.278. The maximum atomic E-state index is 12.9. The van der Waals surface area contributed by atoms with Crippen molar-refractivity contribution in [3.8, 4) is 0 Å². The van der Waals surface area contributed by atoms with Crippen LogP contribution in [0, 0.1) is 20.2 Å². The largest absolute Gasteiger partial charge is 0.416 e. The minimum Gasteiger partial charge on any atom is -0.362 e. The highest BCUT2D eigenvalue weighted by atomic mass is 19.4. The van der Waals surface area contributed by atoms with Crippen molar-refractivity contribution in [2.45, 2.75) is 6.18 Å². The monoisotopic (exact) mass is 424 g/mol. The third-order valence-corrected chi connectivity index (χ3v) is 4.74. The van der Waals surface area contributed by atoms with Gasteiger partial charge in [-0.05, 0) is 18.2 Å². The number of nitro groups is 2. The van der Waals surface area contributed by atoms with Crippen LogP contribution in [0.15, 0.2) is 42.5 Å². The van der Waals surface area contributed by atoms with Gasteiger partial charge in [0.2, 0.25) is 0 Å². The Bertz CT molecular complexity index is 1000. The standard InChI is InChI=1S/C18H15F3N4O5/c19-18(20,21)12-5-6-15(16(11-12)25(29)30)22-7-9-23(10-8-22)17(26)13-3-1-2-4-14(13)24(27)28/h1-6,11H,7-10H2. The third kappa shape index (κ3) is 4.16. The molecule has 9 nitrogen and oxygen atoms in total. The lowest BCUT2D eigenvalue weighted by Crippen LogP contribution is -2.49. The minimum atomic E-state index is -4.71. The van der Waals surface area contributed by atoms with E-state index in [0.29, 0.717) is 6.07 Å². The molecule has 0 bridgehead atoms. The van der Waals surface area contributed by atoms with Gasteiger partial charge < -0.3 is 9.80 Å². The molecule has 1 heterocycles. The molecule has 0 aromatic heterocycles. The van der Waals surface area contributed by atoms with Gasteiger partial charge in [-0.15, -0.1) is 0 Å². The zero-order valence-corrected chi connectivity index (χ0v) is 15.3. The number of benzene rings is 2. The number of halogens is 3. The van der Waals surface area contributed by atoms with Crippen LogP contribution in [0.25, 0.3) is 0 Å². The summed E-state index contributed by atoms with van der Waals surface area (Å²) in [5.74, 6) is -0.552. The predicted octanol–water partition coefficient (Wildman–Crippen LogP) is 3.48. The lowest BCUT2D eigenvalue weighted by atomic mass is 10.1. The lowest BCUT2D eigenvalue weighted by Gasteiger charge is -2.35. The van der Waals surface area contributed by atoms with Gasteiger partial charge in [0.25, 0.3) is 17.3 Å². The summed E-state index contributed by atoms with van der Waals surface area (Å²) in [6.45, 7) is 0.448. The molecule has 158 valence electrons. The van der Waals surface area contributed by atoms with Gasteiger partial charge in [-0.1, -0.05) is 12.1 Å². The first kappa shape index (κ1) is 21.0. The lowest BCUT2D eigenvalue weighted by molar-refractivity contribution is -0.385. The maximum absolute atomic E-state index is 12.9. The average Bonchev–Trinajstić information content (AvgIpc) is 2.72. The number of nitrogens with zero attached hydrogens (tertiary/aromatic N) is 4. The number of para-hydroxylation sites is 1. The number of piperazine rings is 1. The number of rotatable bonds is 4. The van der Waals surface area contributed by atoms with Gasteiger partial charge in [-0.2, -0.15) is 13.2 Å². The van der Waals surface area contributed by atoms with E-state index < -0.39 is 33.2 Å². The van der Waals surface area contributed by atoms with E-state index in [2.05, 4.69) is 0 Å². The molecule has 0 spiro atoms. The van der Waals surface area contributed by atoms with E-state index in [4.69, 9.17) is 0 Å². The van der Waals surface area contributed by atoms with Gasteiger partial charge in [0.1, 0.15) is 11.3 Å². The number of hydrogen-bond donors (Lipinski definition) is 0. The Balaban J connectivity index is 1.78. The molecule has 0 radical (unpaired) electrons. The molecule has 30 heavy (non-hydrogen) atoms. The van der Waals surface area contributed by atoms with Crippen LogP contribution in [0.3, 0.4) is 0 Å². The Morgan fingerprint density at radius 1 is 0.900 bits per heavy atom. The van der Waals surface area contributed by atoms with Crippen LogP contribution in [-0.2, 0) is 6.18 Å². The highest BCUT2D eigenvalue weighted by molar-refractivity contribution is 5.98. The topological polar surface area (TPSA) is 110 Å². The van der Waals surface area contributed by atoms with E-state index in [1.54, 1.807) is 0 Å². The molecule has 1 aliphatic rings. The van der Waals surface area contributed by atoms with Gasteiger partial charge in [-0.3, -0.25) is 25.0 Å². The molecule has 1 aliphatic heterocycles. The van der Waals surface area contributed by atoms with Crippen LogP contribution in [0.2, 0.25) is 0 Å². The van der Waals surface area contributed by atoms with Crippen molar-refractivity contribution in [2.75, 3.05) is 31.1 Å². The first-order valence-corrected chi connectivity index (χ1v) is 8.73. The number of carbonyl (C=O) groups is 1. The molecule has 2 aromatic carbocycles. The summed E-state index contributed by atoms with van der Waals surface area (Å²) in [6, 6.07) is 7.80. The summed E-state index contributed by atoms with van der Waals surface area (Å²) in [6.07, 6.45) is -4.71. The Hall–Kier alpha value is -3.70. The quantitative estimate of drug-likeness (QED) is 0.549. The number of nitro benzene ring substituents is 2. The fourth-order valence-electron chi connectivity index (χ4n) is 3.25. The fourth-order valence-corrected chi connectivity index (χ4v) is 3.25.